The highest BCUT2D eigenvalue weighted by atomic mass is 32.1. The fourth-order valence-corrected chi connectivity index (χ4v) is 2.85. The fraction of sp³-hybridized carbons (Fsp3) is 0.231. The zero-order valence-corrected chi connectivity index (χ0v) is 11.1. The predicted octanol–water partition coefficient (Wildman–Crippen LogP) is 2.71. The zero-order valence-electron chi connectivity index (χ0n) is 10.3. The first-order valence-corrected chi connectivity index (χ1v) is 6.70. The van der Waals surface area contributed by atoms with Gasteiger partial charge in [0, 0.05) is 12.7 Å². The second-order valence-electron chi connectivity index (χ2n) is 4.16. The number of rotatable bonds is 3. The van der Waals surface area contributed by atoms with E-state index in [9.17, 15) is 0 Å². The first-order chi connectivity index (χ1) is 8.79. The van der Waals surface area contributed by atoms with Gasteiger partial charge < -0.3 is 10.3 Å². The lowest BCUT2D eigenvalue weighted by atomic mass is 10.1. The summed E-state index contributed by atoms with van der Waals surface area (Å²) in [7, 11) is 1.94. The molecule has 0 saturated carbocycles. The van der Waals surface area contributed by atoms with Crippen LogP contribution in [0.25, 0.3) is 21.6 Å². The van der Waals surface area contributed by atoms with Crippen molar-refractivity contribution in [3.8, 4) is 10.6 Å². The minimum atomic E-state index is 0.795. The van der Waals surface area contributed by atoms with Crippen LogP contribution in [0.1, 0.15) is 11.4 Å². The summed E-state index contributed by atoms with van der Waals surface area (Å²) < 4.78 is 0. The second kappa shape index (κ2) is 4.51. The highest BCUT2D eigenvalue weighted by molar-refractivity contribution is 7.13. The van der Waals surface area contributed by atoms with Gasteiger partial charge in [0.25, 0.3) is 0 Å². The molecule has 2 N–H and O–H groups in total. The van der Waals surface area contributed by atoms with Crippen molar-refractivity contribution in [2.75, 3.05) is 7.05 Å². The number of H-pyrrole nitrogens is 1. The molecule has 0 aliphatic carbocycles. The molecule has 0 saturated heterocycles. The normalized spacial score (nSPS) is 11.2. The van der Waals surface area contributed by atoms with Crippen molar-refractivity contribution >= 4 is 22.4 Å². The number of nitrogens with zero attached hydrogens (tertiary/aromatic N) is 2. The van der Waals surface area contributed by atoms with E-state index in [1.54, 1.807) is 11.3 Å². The molecule has 3 aromatic rings. The monoisotopic (exact) mass is 258 g/mol. The fourth-order valence-electron chi connectivity index (χ4n) is 2.13. The Bertz CT molecular complexity index is 670. The predicted molar refractivity (Wildman–Crippen MR) is 74.7 cm³/mol. The number of hydrogen-bond donors (Lipinski definition) is 2. The summed E-state index contributed by atoms with van der Waals surface area (Å²) in [5, 5.41) is 6.37. The molecule has 0 radical (unpaired) electrons. The summed E-state index contributed by atoms with van der Waals surface area (Å²) in [4.78, 5) is 13.5. The summed E-state index contributed by atoms with van der Waals surface area (Å²) >= 11 is 1.71. The molecule has 92 valence electrons. The maximum absolute atomic E-state index is 4.61. The molecule has 5 heteroatoms. The minimum Gasteiger partial charge on any atom is -0.346 e. The van der Waals surface area contributed by atoms with Crippen LogP contribution >= 0.6 is 11.3 Å². The number of fused-ring (bicyclic) bond motifs is 1. The van der Waals surface area contributed by atoms with Crippen LogP contribution in [0, 0.1) is 6.92 Å². The van der Waals surface area contributed by atoms with Crippen LogP contribution in [-0.4, -0.2) is 22.0 Å². The Kier molecular flexibility index (Phi) is 2.85. The molecule has 3 heterocycles. The number of aromatic amines is 1. The molecule has 0 aliphatic rings. The van der Waals surface area contributed by atoms with Crippen LogP contribution in [0.4, 0.5) is 0 Å². The average molecular weight is 258 g/mol. The third-order valence-corrected chi connectivity index (χ3v) is 3.72. The summed E-state index contributed by atoms with van der Waals surface area (Å²) in [5.41, 5.74) is 3.14. The molecule has 3 aromatic heterocycles. The topological polar surface area (TPSA) is 53.6 Å². The highest BCUT2D eigenvalue weighted by Crippen LogP contribution is 2.31. The number of thiophene rings is 1. The van der Waals surface area contributed by atoms with Gasteiger partial charge in [0.05, 0.1) is 16.0 Å². The van der Waals surface area contributed by atoms with Gasteiger partial charge in [-0.15, -0.1) is 11.3 Å². The third-order valence-electron chi connectivity index (χ3n) is 2.85. The Morgan fingerprint density at radius 1 is 1.39 bits per heavy atom. The van der Waals surface area contributed by atoms with Gasteiger partial charge in [0.2, 0.25) is 0 Å². The van der Waals surface area contributed by atoms with Crippen LogP contribution in [-0.2, 0) is 6.54 Å². The standard InChI is InChI=1S/C13H14N4S/c1-8-16-12(10-4-3-5-18-10)11-9(6-14-2)7-15-13(11)17-8/h3-5,7,14H,6H2,1-2H3,(H,15,16,17). The Hall–Kier alpha value is -1.72. The van der Waals surface area contributed by atoms with Crippen molar-refractivity contribution in [1.29, 1.82) is 0 Å². The van der Waals surface area contributed by atoms with E-state index in [4.69, 9.17) is 0 Å². The van der Waals surface area contributed by atoms with E-state index in [1.807, 2.05) is 26.2 Å². The lowest BCUT2D eigenvalue weighted by Crippen LogP contribution is -2.04. The molecular weight excluding hydrogens is 244 g/mol. The van der Waals surface area contributed by atoms with Gasteiger partial charge in [-0.3, -0.25) is 0 Å². The quantitative estimate of drug-likeness (QED) is 0.759. The van der Waals surface area contributed by atoms with Crippen LogP contribution in [0.15, 0.2) is 23.7 Å². The Morgan fingerprint density at radius 2 is 2.28 bits per heavy atom. The minimum absolute atomic E-state index is 0.795. The van der Waals surface area contributed by atoms with Crippen LogP contribution < -0.4 is 5.32 Å². The second-order valence-corrected chi connectivity index (χ2v) is 5.11. The molecule has 3 rings (SSSR count). The number of aromatic nitrogens is 3. The molecule has 0 amide bonds. The van der Waals surface area contributed by atoms with Crippen molar-refractivity contribution in [2.24, 2.45) is 0 Å². The SMILES string of the molecule is CNCc1c[nH]c2nc(C)nc(-c3cccs3)c12. The molecule has 0 fully saturated rings. The number of aryl methyl sites for hydroxylation is 1. The van der Waals surface area contributed by atoms with E-state index < -0.39 is 0 Å². The highest BCUT2D eigenvalue weighted by Gasteiger charge is 2.14. The Labute approximate surface area is 109 Å². The van der Waals surface area contributed by atoms with E-state index in [0.717, 1.165) is 29.1 Å². The van der Waals surface area contributed by atoms with Crippen molar-refractivity contribution in [3.63, 3.8) is 0 Å². The molecule has 0 bridgehead atoms. The molecule has 4 nitrogen and oxygen atoms in total. The van der Waals surface area contributed by atoms with E-state index in [0.29, 0.717) is 0 Å². The van der Waals surface area contributed by atoms with Crippen molar-refractivity contribution in [2.45, 2.75) is 13.5 Å². The maximum Gasteiger partial charge on any atom is 0.142 e. The summed E-state index contributed by atoms with van der Waals surface area (Å²) in [5.74, 6) is 0.795. The lowest BCUT2D eigenvalue weighted by molar-refractivity contribution is 0.823. The smallest absolute Gasteiger partial charge is 0.142 e. The molecule has 0 spiro atoms. The van der Waals surface area contributed by atoms with Crippen LogP contribution in [0.3, 0.4) is 0 Å². The first-order valence-electron chi connectivity index (χ1n) is 5.82. The summed E-state index contributed by atoms with van der Waals surface area (Å²) in [6.07, 6.45) is 2.01. The average Bonchev–Trinajstić information content (AvgIpc) is 2.98. The van der Waals surface area contributed by atoms with Crippen LogP contribution in [0.5, 0.6) is 0 Å². The van der Waals surface area contributed by atoms with E-state index in [1.165, 1.54) is 10.4 Å². The summed E-state index contributed by atoms with van der Waals surface area (Å²) in [6, 6.07) is 4.15. The molecule has 0 atom stereocenters. The van der Waals surface area contributed by atoms with Gasteiger partial charge in [0.1, 0.15) is 11.5 Å². The van der Waals surface area contributed by atoms with Crippen molar-refractivity contribution in [1.82, 2.24) is 20.3 Å². The van der Waals surface area contributed by atoms with E-state index in [2.05, 4.69) is 31.7 Å². The molecule has 0 unspecified atom stereocenters. The Balaban J connectivity index is 2.30. The van der Waals surface area contributed by atoms with Crippen molar-refractivity contribution in [3.05, 3.63) is 35.1 Å². The maximum atomic E-state index is 4.61. The number of hydrogen-bond acceptors (Lipinski definition) is 4. The lowest BCUT2D eigenvalue weighted by Gasteiger charge is -2.04. The van der Waals surface area contributed by atoms with Gasteiger partial charge in [-0.05, 0) is 31.0 Å². The summed E-state index contributed by atoms with van der Waals surface area (Å²) in [6.45, 7) is 2.74. The first kappa shape index (κ1) is 11.4. The number of nitrogens with one attached hydrogen (secondary N) is 2. The third kappa shape index (κ3) is 1.81. The van der Waals surface area contributed by atoms with Gasteiger partial charge in [-0.1, -0.05) is 6.07 Å². The molecule has 18 heavy (non-hydrogen) atoms. The van der Waals surface area contributed by atoms with Crippen molar-refractivity contribution < 1.29 is 0 Å². The molecular formula is C13H14N4S. The Morgan fingerprint density at radius 3 is 3.00 bits per heavy atom. The molecule has 0 aliphatic heterocycles. The zero-order chi connectivity index (χ0) is 12.5. The largest absolute Gasteiger partial charge is 0.346 e. The van der Waals surface area contributed by atoms with E-state index in [-0.39, 0.29) is 0 Å². The van der Waals surface area contributed by atoms with Gasteiger partial charge >= 0.3 is 0 Å². The van der Waals surface area contributed by atoms with Gasteiger partial charge in [-0.25, -0.2) is 9.97 Å². The van der Waals surface area contributed by atoms with Gasteiger partial charge in [-0.2, -0.15) is 0 Å². The van der Waals surface area contributed by atoms with E-state index >= 15 is 0 Å². The van der Waals surface area contributed by atoms with Crippen LogP contribution in [0.2, 0.25) is 0 Å². The van der Waals surface area contributed by atoms with Gasteiger partial charge in [0.15, 0.2) is 0 Å². The molecule has 0 aromatic carbocycles.